The summed E-state index contributed by atoms with van der Waals surface area (Å²) in [6, 6.07) is 9.18. The monoisotopic (exact) mass is 433 g/mol. The van der Waals surface area contributed by atoms with Crippen LogP contribution in [0.3, 0.4) is 0 Å². The van der Waals surface area contributed by atoms with E-state index in [1.807, 2.05) is 6.07 Å². The Balaban J connectivity index is 2.15. The molecule has 2 heterocycles. The smallest absolute Gasteiger partial charge is 0.199 e. The van der Waals surface area contributed by atoms with Gasteiger partial charge in [-0.15, -0.1) is 0 Å². The number of hydrogen-bond acceptors (Lipinski definition) is 4. The third kappa shape index (κ3) is 3.92. The minimum atomic E-state index is -0.630. The average Bonchev–Trinajstić information content (AvgIpc) is 2.60. The van der Waals surface area contributed by atoms with Crippen molar-refractivity contribution in [3.63, 3.8) is 0 Å². The van der Waals surface area contributed by atoms with Crippen molar-refractivity contribution in [3.05, 3.63) is 75.4 Å². The fraction of sp³-hybridized carbons (Fsp3) is 0.105. The van der Waals surface area contributed by atoms with Crippen LogP contribution in [0.1, 0.15) is 16.1 Å². The first-order valence-corrected chi connectivity index (χ1v) is 8.83. The molecular formula is C19H14BrClFN3O. The van der Waals surface area contributed by atoms with Crippen LogP contribution in [0.15, 0.2) is 53.3 Å². The van der Waals surface area contributed by atoms with E-state index in [2.05, 4.69) is 25.9 Å². The van der Waals surface area contributed by atoms with Crippen LogP contribution >= 0.6 is 27.5 Å². The Hall–Kier alpha value is -2.31. The van der Waals surface area contributed by atoms with Gasteiger partial charge in [-0.25, -0.2) is 9.37 Å². The quantitative estimate of drug-likeness (QED) is 0.430. The van der Waals surface area contributed by atoms with Crippen molar-refractivity contribution < 1.29 is 9.18 Å². The lowest BCUT2D eigenvalue weighted by molar-refractivity contribution is 0.105. The summed E-state index contributed by atoms with van der Waals surface area (Å²) in [6.45, 7) is 0. The number of fused-ring (bicyclic) bond motifs is 1. The van der Waals surface area contributed by atoms with E-state index in [1.54, 1.807) is 43.5 Å². The predicted molar refractivity (Wildman–Crippen MR) is 105 cm³/mol. The Kier molecular flexibility index (Phi) is 5.34. The van der Waals surface area contributed by atoms with Crippen molar-refractivity contribution in [2.45, 2.75) is 0 Å². The second-order valence-electron chi connectivity index (χ2n) is 5.85. The van der Waals surface area contributed by atoms with E-state index < -0.39 is 11.6 Å². The van der Waals surface area contributed by atoms with E-state index in [1.165, 1.54) is 18.2 Å². The van der Waals surface area contributed by atoms with Gasteiger partial charge in [0.1, 0.15) is 5.82 Å². The van der Waals surface area contributed by atoms with Crippen LogP contribution in [-0.2, 0) is 0 Å². The van der Waals surface area contributed by atoms with Gasteiger partial charge in [-0.2, -0.15) is 0 Å². The molecule has 1 aromatic carbocycles. The van der Waals surface area contributed by atoms with Crippen LogP contribution < -0.4 is 0 Å². The topological polar surface area (TPSA) is 46.1 Å². The molecule has 0 unspecified atom stereocenters. The van der Waals surface area contributed by atoms with Crippen LogP contribution in [0.2, 0.25) is 5.02 Å². The molecule has 3 rings (SSSR count). The minimum absolute atomic E-state index is 0.0973. The lowest BCUT2D eigenvalue weighted by Crippen LogP contribution is -2.11. The zero-order chi connectivity index (χ0) is 18.8. The third-order valence-electron chi connectivity index (χ3n) is 3.58. The Morgan fingerprint density at radius 1 is 1.19 bits per heavy atom. The lowest BCUT2D eigenvalue weighted by atomic mass is 10.00. The molecule has 0 fully saturated rings. The first-order valence-electron chi connectivity index (χ1n) is 7.66. The van der Waals surface area contributed by atoms with E-state index in [0.717, 1.165) is 4.47 Å². The molecule has 0 aliphatic carbocycles. The summed E-state index contributed by atoms with van der Waals surface area (Å²) in [5, 5.41) is 0.290. The van der Waals surface area contributed by atoms with Gasteiger partial charge >= 0.3 is 0 Å². The highest BCUT2D eigenvalue weighted by atomic mass is 79.9. The number of Topliss-reactive ketones (excluding diaryl/α,β-unsaturated/α-hetero) is 1. The molecule has 0 N–H and O–H groups in total. The van der Waals surface area contributed by atoms with Crippen LogP contribution in [0.4, 0.5) is 4.39 Å². The van der Waals surface area contributed by atoms with Crippen molar-refractivity contribution in [1.82, 2.24) is 14.9 Å². The summed E-state index contributed by atoms with van der Waals surface area (Å²) in [4.78, 5) is 23.5. The molecule has 0 spiro atoms. The number of carbonyl (C=O) groups excluding carboxylic acids is 1. The fourth-order valence-corrected chi connectivity index (χ4v) is 2.94. The molecule has 0 amide bonds. The lowest BCUT2D eigenvalue weighted by Gasteiger charge is -2.12. The number of nitrogens with zero attached hydrogens (tertiary/aromatic N) is 3. The van der Waals surface area contributed by atoms with Crippen LogP contribution in [0.5, 0.6) is 0 Å². The first kappa shape index (κ1) is 18.5. The van der Waals surface area contributed by atoms with Crippen molar-refractivity contribution in [2.24, 2.45) is 0 Å². The minimum Gasteiger partial charge on any atom is -0.383 e. The molecule has 4 nitrogen and oxygen atoms in total. The molecular weight excluding hydrogens is 421 g/mol. The molecule has 0 aliphatic rings. The number of halogens is 3. The summed E-state index contributed by atoms with van der Waals surface area (Å²) < 4.78 is 15.0. The highest BCUT2D eigenvalue weighted by molar-refractivity contribution is 9.10. The summed E-state index contributed by atoms with van der Waals surface area (Å²) in [7, 11) is 3.56. The normalized spacial score (nSPS) is 11.7. The van der Waals surface area contributed by atoms with Crippen molar-refractivity contribution in [2.75, 3.05) is 14.1 Å². The van der Waals surface area contributed by atoms with Gasteiger partial charge in [0, 0.05) is 36.0 Å². The van der Waals surface area contributed by atoms with Crippen LogP contribution in [0.25, 0.3) is 16.6 Å². The Morgan fingerprint density at radius 2 is 1.96 bits per heavy atom. The van der Waals surface area contributed by atoms with E-state index in [4.69, 9.17) is 11.6 Å². The molecule has 2 aromatic heterocycles. The van der Waals surface area contributed by atoms with Crippen molar-refractivity contribution in [1.29, 1.82) is 0 Å². The third-order valence-corrected chi connectivity index (χ3v) is 4.25. The van der Waals surface area contributed by atoms with Gasteiger partial charge in [0.05, 0.1) is 27.9 Å². The van der Waals surface area contributed by atoms with E-state index in [9.17, 15) is 9.18 Å². The van der Waals surface area contributed by atoms with Gasteiger partial charge in [0.25, 0.3) is 0 Å². The number of pyridine rings is 2. The molecule has 0 aliphatic heterocycles. The standard InChI is InChI=1S/C19H14BrClFN3O/c1-25(2)10-14(19(26)13-8-12(21)3-4-15(13)22)16-5-6-17-18(24-16)7-11(20)9-23-17/h3-10H,1-2H3/b14-10+. The predicted octanol–water partition coefficient (Wildman–Crippen LogP) is 4.97. The Morgan fingerprint density at radius 3 is 2.69 bits per heavy atom. The Bertz CT molecular complexity index is 1040. The zero-order valence-corrected chi connectivity index (χ0v) is 16.3. The Labute approximate surface area is 163 Å². The van der Waals surface area contributed by atoms with E-state index in [-0.39, 0.29) is 11.1 Å². The summed E-state index contributed by atoms with van der Waals surface area (Å²) in [5.74, 6) is -1.12. The molecule has 0 bridgehead atoms. The molecule has 7 heteroatoms. The number of ketones is 1. The van der Waals surface area contributed by atoms with E-state index in [0.29, 0.717) is 21.7 Å². The number of rotatable bonds is 4. The average molecular weight is 435 g/mol. The van der Waals surface area contributed by atoms with Gasteiger partial charge in [-0.1, -0.05) is 11.6 Å². The largest absolute Gasteiger partial charge is 0.383 e. The van der Waals surface area contributed by atoms with Crippen molar-refractivity contribution >= 4 is 49.9 Å². The number of aromatic nitrogens is 2. The fourth-order valence-electron chi connectivity index (χ4n) is 2.45. The highest BCUT2D eigenvalue weighted by Gasteiger charge is 2.20. The second-order valence-corrected chi connectivity index (χ2v) is 7.20. The maximum Gasteiger partial charge on any atom is 0.199 e. The molecule has 0 atom stereocenters. The first-order chi connectivity index (χ1) is 12.3. The molecule has 0 saturated carbocycles. The molecule has 3 aromatic rings. The highest BCUT2D eigenvalue weighted by Crippen LogP contribution is 2.25. The number of hydrogen-bond donors (Lipinski definition) is 0. The maximum atomic E-state index is 14.2. The number of allylic oxidation sites excluding steroid dienone is 1. The molecule has 132 valence electrons. The van der Waals surface area contributed by atoms with Gasteiger partial charge in [-0.3, -0.25) is 9.78 Å². The zero-order valence-electron chi connectivity index (χ0n) is 14.0. The molecule has 26 heavy (non-hydrogen) atoms. The molecule has 0 radical (unpaired) electrons. The SMILES string of the molecule is CN(C)/C=C(/C(=O)c1cc(Cl)ccc1F)c1ccc2ncc(Br)cc2n1. The van der Waals surface area contributed by atoms with Gasteiger partial charge in [0.2, 0.25) is 0 Å². The van der Waals surface area contributed by atoms with Gasteiger partial charge in [-0.05, 0) is 52.3 Å². The second kappa shape index (κ2) is 7.51. The van der Waals surface area contributed by atoms with Crippen molar-refractivity contribution in [3.8, 4) is 0 Å². The maximum absolute atomic E-state index is 14.2. The molecule has 0 saturated heterocycles. The van der Waals surface area contributed by atoms with Crippen LogP contribution in [-0.4, -0.2) is 34.7 Å². The number of carbonyl (C=O) groups is 1. The number of benzene rings is 1. The van der Waals surface area contributed by atoms with Gasteiger partial charge in [0.15, 0.2) is 5.78 Å². The van der Waals surface area contributed by atoms with Crippen LogP contribution in [0, 0.1) is 5.82 Å². The summed E-state index contributed by atoms with van der Waals surface area (Å²) in [5.41, 5.74) is 1.91. The van der Waals surface area contributed by atoms with E-state index >= 15 is 0 Å². The summed E-state index contributed by atoms with van der Waals surface area (Å²) >= 11 is 9.30. The van der Waals surface area contributed by atoms with Gasteiger partial charge < -0.3 is 4.90 Å². The summed E-state index contributed by atoms with van der Waals surface area (Å²) in [6.07, 6.45) is 3.29.